The summed E-state index contributed by atoms with van der Waals surface area (Å²) < 4.78 is 5.35. The number of rotatable bonds is 5. The molecule has 1 aromatic rings. The van der Waals surface area contributed by atoms with Gasteiger partial charge in [-0.3, -0.25) is 0 Å². The molecule has 1 amide bonds. The number of carbonyl (C=O) groups excluding carboxylic acids is 2. The van der Waals surface area contributed by atoms with Crippen LogP contribution in [0.15, 0.2) is 24.3 Å². The van der Waals surface area contributed by atoms with Crippen LogP contribution in [0, 0.1) is 0 Å². The van der Waals surface area contributed by atoms with E-state index in [0.717, 1.165) is 0 Å². The van der Waals surface area contributed by atoms with Crippen LogP contribution < -0.4 is 34.7 Å². The first-order chi connectivity index (χ1) is 10.5. The monoisotopic (exact) mass is 363 g/mol. The van der Waals surface area contributed by atoms with Crippen molar-refractivity contribution in [3.63, 3.8) is 0 Å². The molecular formula is C17H23ClNNaO4. The van der Waals surface area contributed by atoms with Crippen molar-refractivity contribution in [3.8, 4) is 0 Å². The van der Waals surface area contributed by atoms with Crippen LogP contribution >= 0.6 is 11.6 Å². The van der Waals surface area contributed by atoms with Crippen molar-refractivity contribution in [2.75, 3.05) is 6.54 Å². The first-order valence-corrected chi connectivity index (χ1v) is 7.85. The van der Waals surface area contributed by atoms with E-state index in [9.17, 15) is 14.7 Å². The Balaban J connectivity index is 0.00000529. The average molecular weight is 364 g/mol. The van der Waals surface area contributed by atoms with Gasteiger partial charge in [-0.15, -0.1) is 0 Å². The summed E-state index contributed by atoms with van der Waals surface area (Å²) in [6.45, 7) is 8.86. The van der Waals surface area contributed by atoms with Gasteiger partial charge in [0.15, 0.2) is 0 Å². The SMILES string of the molecule is CC(C)N(C[C@@H](C(=O)[O-])c1ccc(Cl)cc1)C(=O)OC(C)(C)C.[Na+]. The summed E-state index contributed by atoms with van der Waals surface area (Å²) in [5.41, 5.74) is -0.120. The number of aliphatic carboxylic acids is 1. The number of halogens is 1. The maximum Gasteiger partial charge on any atom is 1.00 e. The van der Waals surface area contributed by atoms with E-state index in [0.29, 0.717) is 10.6 Å². The zero-order valence-electron chi connectivity index (χ0n) is 15.1. The summed E-state index contributed by atoms with van der Waals surface area (Å²) >= 11 is 5.83. The Bertz CT molecular complexity index is 555. The maximum absolute atomic E-state index is 12.3. The van der Waals surface area contributed by atoms with E-state index in [4.69, 9.17) is 16.3 Å². The number of amides is 1. The number of nitrogens with zero attached hydrogens (tertiary/aromatic N) is 1. The van der Waals surface area contributed by atoms with Crippen LogP contribution in [0.3, 0.4) is 0 Å². The predicted molar refractivity (Wildman–Crippen MR) is 87.3 cm³/mol. The van der Waals surface area contributed by atoms with Crippen molar-refractivity contribution in [1.29, 1.82) is 0 Å². The minimum atomic E-state index is -1.25. The van der Waals surface area contributed by atoms with E-state index < -0.39 is 23.6 Å². The Morgan fingerprint density at radius 3 is 2.08 bits per heavy atom. The normalized spacial score (nSPS) is 12.3. The maximum atomic E-state index is 12.3. The minimum absolute atomic E-state index is 0. The molecule has 0 aliphatic carbocycles. The molecule has 0 fully saturated rings. The van der Waals surface area contributed by atoms with Crippen LogP contribution in [0.4, 0.5) is 4.79 Å². The Morgan fingerprint density at radius 2 is 1.71 bits per heavy atom. The van der Waals surface area contributed by atoms with Gasteiger partial charge in [0.05, 0.1) is 5.97 Å². The van der Waals surface area contributed by atoms with Crippen LogP contribution in [0.25, 0.3) is 0 Å². The molecule has 0 radical (unpaired) electrons. The van der Waals surface area contributed by atoms with Gasteiger partial charge in [-0.25, -0.2) is 4.79 Å². The number of hydrogen-bond donors (Lipinski definition) is 0. The molecule has 7 heteroatoms. The largest absolute Gasteiger partial charge is 1.00 e. The van der Waals surface area contributed by atoms with Crippen molar-refractivity contribution in [2.24, 2.45) is 0 Å². The fourth-order valence-corrected chi connectivity index (χ4v) is 2.15. The van der Waals surface area contributed by atoms with Gasteiger partial charge in [-0.1, -0.05) is 23.7 Å². The molecule has 24 heavy (non-hydrogen) atoms. The second kappa shape index (κ2) is 9.66. The van der Waals surface area contributed by atoms with Gasteiger partial charge >= 0.3 is 35.7 Å². The molecule has 0 N–H and O–H groups in total. The second-order valence-electron chi connectivity index (χ2n) is 6.65. The number of carboxylic acid groups (broad SMARTS) is 1. The van der Waals surface area contributed by atoms with Gasteiger partial charge in [-0.2, -0.15) is 0 Å². The van der Waals surface area contributed by atoms with Gasteiger partial charge in [0.2, 0.25) is 0 Å². The molecule has 0 bridgehead atoms. The van der Waals surface area contributed by atoms with Crippen molar-refractivity contribution in [1.82, 2.24) is 4.90 Å². The molecule has 128 valence electrons. The van der Waals surface area contributed by atoms with Crippen molar-refractivity contribution in [2.45, 2.75) is 52.2 Å². The molecule has 0 spiro atoms. The number of ether oxygens (including phenoxy) is 1. The standard InChI is InChI=1S/C17H24ClNO4.Na/c1-11(2)19(16(22)23-17(3,4)5)10-14(15(20)21)12-6-8-13(18)9-7-12;/h6-9,11,14H,10H2,1-5H3,(H,20,21);/q;+1/p-1/t14-;/m1./s1. The van der Waals surface area contributed by atoms with Gasteiger partial charge in [0.25, 0.3) is 0 Å². The van der Waals surface area contributed by atoms with Crippen LogP contribution in [-0.2, 0) is 9.53 Å². The molecule has 0 saturated heterocycles. The van der Waals surface area contributed by atoms with Crippen molar-refractivity contribution in [3.05, 3.63) is 34.9 Å². The van der Waals surface area contributed by atoms with E-state index in [1.165, 1.54) is 4.90 Å². The molecule has 0 aromatic heterocycles. The van der Waals surface area contributed by atoms with E-state index >= 15 is 0 Å². The number of hydrogen-bond acceptors (Lipinski definition) is 4. The zero-order valence-corrected chi connectivity index (χ0v) is 17.9. The summed E-state index contributed by atoms with van der Waals surface area (Å²) in [5, 5.41) is 12.0. The van der Waals surface area contributed by atoms with E-state index in [1.807, 2.05) is 0 Å². The second-order valence-corrected chi connectivity index (χ2v) is 7.09. The molecule has 1 rings (SSSR count). The first-order valence-electron chi connectivity index (χ1n) is 7.47. The van der Waals surface area contributed by atoms with Gasteiger partial charge in [0, 0.05) is 23.5 Å². The molecule has 0 aliphatic heterocycles. The van der Waals surface area contributed by atoms with Crippen LogP contribution in [0.1, 0.15) is 46.1 Å². The Morgan fingerprint density at radius 1 is 1.21 bits per heavy atom. The molecule has 0 heterocycles. The smallest absolute Gasteiger partial charge is 0.549 e. The Kier molecular flexibility index (Phi) is 9.36. The summed E-state index contributed by atoms with van der Waals surface area (Å²) in [4.78, 5) is 25.2. The summed E-state index contributed by atoms with van der Waals surface area (Å²) in [6, 6.07) is 6.26. The first kappa shape index (κ1) is 23.2. The summed E-state index contributed by atoms with van der Waals surface area (Å²) in [7, 11) is 0. The number of benzene rings is 1. The minimum Gasteiger partial charge on any atom is -0.549 e. The van der Waals surface area contributed by atoms with Crippen LogP contribution in [0.2, 0.25) is 5.02 Å². The average Bonchev–Trinajstić information content (AvgIpc) is 2.38. The fourth-order valence-electron chi connectivity index (χ4n) is 2.02. The third-order valence-corrected chi connectivity index (χ3v) is 3.44. The topological polar surface area (TPSA) is 69.7 Å². The third kappa shape index (κ3) is 7.43. The van der Waals surface area contributed by atoms with Gasteiger partial charge in [-0.05, 0) is 52.3 Å². The summed E-state index contributed by atoms with van der Waals surface area (Å²) in [6.07, 6.45) is -0.548. The van der Waals surface area contributed by atoms with Crippen molar-refractivity contribution < 1.29 is 49.0 Å². The molecular weight excluding hydrogens is 341 g/mol. The molecule has 1 atom stereocenters. The summed E-state index contributed by atoms with van der Waals surface area (Å²) in [5.74, 6) is -2.20. The molecule has 0 unspecified atom stereocenters. The number of carboxylic acids is 1. The van der Waals surface area contributed by atoms with Gasteiger partial charge < -0.3 is 19.5 Å². The third-order valence-electron chi connectivity index (χ3n) is 3.19. The molecule has 0 aliphatic rings. The van der Waals surface area contributed by atoms with E-state index in [-0.39, 0.29) is 42.1 Å². The van der Waals surface area contributed by atoms with Crippen LogP contribution in [0.5, 0.6) is 0 Å². The molecule has 0 saturated carbocycles. The quantitative estimate of drug-likeness (QED) is 0.681. The zero-order chi connectivity index (χ0) is 17.8. The Labute approximate surface area is 170 Å². The number of carbonyl (C=O) groups is 2. The van der Waals surface area contributed by atoms with E-state index in [1.54, 1.807) is 58.9 Å². The molecule has 1 aromatic carbocycles. The van der Waals surface area contributed by atoms with Crippen molar-refractivity contribution >= 4 is 23.7 Å². The fraction of sp³-hybridized carbons (Fsp3) is 0.529. The molecule has 5 nitrogen and oxygen atoms in total. The Hall–Kier alpha value is -0.750. The predicted octanol–water partition coefficient (Wildman–Crippen LogP) is -0.177. The van der Waals surface area contributed by atoms with Crippen LogP contribution in [-0.4, -0.2) is 35.2 Å². The van der Waals surface area contributed by atoms with E-state index in [2.05, 4.69) is 0 Å². The van der Waals surface area contributed by atoms with Gasteiger partial charge in [0.1, 0.15) is 5.60 Å².